The molecule has 5 nitrogen and oxygen atoms in total. The fourth-order valence-corrected chi connectivity index (χ4v) is 3.83. The summed E-state index contributed by atoms with van der Waals surface area (Å²) >= 11 is 0. The van der Waals surface area contributed by atoms with E-state index in [1.165, 1.54) is 32.1 Å². The van der Waals surface area contributed by atoms with Gasteiger partial charge in [-0.05, 0) is 54.6 Å². The van der Waals surface area contributed by atoms with Gasteiger partial charge in [0, 0.05) is 28.9 Å². The number of hydrogen-bond donors (Lipinski definition) is 1. The van der Waals surface area contributed by atoms with Gasteiger partial charge in [0.2, 0.25) is 5.88 Å². The summed E-state index contributed by atoms with van der Waals surface area (Å²) in [6.07, 6.45) is 9.67. The number of benzene rings is 1. The fourth-order valence-electron chi connectivity index (χ4n) is 3.83. The molecule has 0 atom stereocenters. The Bertz CT molecular complexity index is 966. The van der Waals surface area contributed by atoms with Crippen molar-refractivity contribution in [2.75, 3.05) is 11.9 Å². The first-order valence-electron chi connectivity index (χ1n) is 9.87. The van der Waals surface area contributed by atoms with Crippen molar-refractivity contribution in [1.82, 2.24) is 9.97 Å². The fraction of sp³-hybridized carbons (Fsp3) is 0.348. The summed E-state index contributed by atoms with van der Waals surface area (Å²) in [6, 6.07) is 13.0. The molecule has 144 valence electrons. The number of pyridine rings is 2. The average molecular weight is 375 g/mol. The van der Waals surface area contributed by atoms with Crippen LogP contribution in [0.15, 0.2) is 54.9 Å². The van der Waals surface area contributed by atoms with Gasteiger partial charge in [0.05, 0.1) is 6.61 Å². The van der Waals surface area contributed by atoms with Gasteiger partial charge in [-0.25, -0.2) is 4.98 Å². The smallest absolute Gasteiger partial charge is 0.274 e. The second kappa shape index (κ2) is 7.97. The summed E-state index contributed by atoms with van der Waals surface area (Å²) in [7, 11) is 0. The number of nitrogens with one attached hydrogen (secondary N) is 1. The van der Waals surface area contributed by atoms with Crippen molar-refractivity contribution in [3.8, 4) is 5.88 Å². The lowest BCUT2D eigenvalue weighted by molar-refractivity contribution is 0.102. The highest BCUT2D eigenvalue weighted by molar-refractivity contribution is 6.04. The third-order valence-corrected chi connectivity index (χ3v) is 5.50. The molecule has 5 heteroatoms. The van der Waals surface area contributed by atoms with Crippen molar-refractivity contribution in [3.63, 3.8) is 0 Å². The summed E-state index contributed by atoms with van der Waals surface area (Å²) < 4.78 is 6.14. The molecular formula is C23H25N3O2. The van der Waals surface area contributed by atoms with Crippen LogP contribution in [-0.2, 0) is 0 Å². The molecule has 1 saturated carbocycles. The summed E-state index contributed by atoms with van der Waals surface area (Å²) in [4.78, 5) is 20.8. The molecule has 1 aliphatic carbocycles. The molecule has 0 saturated heterocycles. The lowest BCUT2D eigenvalue weighted by Crippen LogP contribution is -2.27. The Hall–Kier alpha value is -2.95. The number of amides is 1. The molecule has 0 radical (unpaired) electrons. The summed E-state index contributed by atoms with van der Waals surface area (Å²) in [6.45, 7) is 3.00. The molecule has 2 heterocycles. The molecule has 1 N–H and O–H groups in total. The maximum Gasteiger partial charge on any atom is 0.274 e. The Balaban J connectivity index is 1.50. The van der Waals surface area contributed by atoms with Crippen molar-refractivity contribution < 1.29 is 9.53 Å². The molecule has 2 aromatic heterocycles. The van der Waals surface area contributed by atoms with E-state index in [1.54, 1.807) is 30.6 Å². The minimum absolute atomic E-state index is 0.226. The van der Waals surface area contributed by atoms with Crippen LogP contribution in [0, 0.1) is 5.41 Å². The Labute approximate surface area is 165 Å². The molecule has 0 unspecified atom stereocenters. The van der Waals surface area contributed by atoms with Crippen LogP contribution in [0.2, 0.25) is 0 Å². The highest BCUT2D eigenvalue weighted by atomic mass is 16.5. The van der Waals surface area contributed by atoms with Crippen molar-refractivity contribution in [1.29, 1.82) is 0 Å². The third-order valence-electron chi connectivity index (χ3n) is 5.50. The molecule has 0 bridgehead atoms. The quantitative estimate of drug-likeness (QED) is 0.663. The summed E-state index contributed by atoms with van der Waals surface area (Å²) in [5.41, 5.74) is 1.35. The lowest BCUT2D eigenvalue weighted by atomic mass is 9.76. The Morgan fingerprint density at radius 2 is 1.93 bits per heavy atom. The van der Waals surface area contributed by atoms with Gasteiger partial charge in [-0.2, -0.15) is 0 Å². The van der Waals surface area contributed by atoms with E-state index in [4.69, 9.17) is 4.74 Å². The molecule has 0 spiro atoms. The third kappa shape index (κ3) is 4.14. The van der Waals surface area contributed by atoms with Crippen molar-refractivity contribution >= 4 is 22.4 Å². The van der Waals surface area contributed by atoms with E-state index in [0.29, 0.717) is 18.2 Å². The van der Waals surface area contributed by atoms with E-state index in [1.807, 2.05) is 24.3 Å². The maximum absolute atomic E-state index is 12.3. The van der Waals surface area contributed by atoms with Crippen molar-refractivity contribution in [2.24, 2.45) is 5.41 Å². The molecule has 28 heavy (non-hydrogen) atoms. The van der Waals surface area contributed by atoms with Crippen LogP contribution < -0.4 is 10.1 Å². The molecule has 1 amide bonds. The lowest BCUT2D eigenvalue weighted by Gasteiger charge is -2.33. The number of hydrogen-bond acceptors (Lipinski definition) is 4. The molecule has 1 aliphatic rings. The molecule has 0 aliphatic heterocycles. The Kier molecular flexibility index (Phi) is 5.24. The first kappa shape index (κ1) is 18.4. The molecule has 4 rings (SSSR count). The number of ether oxygens (including phenoxy) is 1. The monoisotopic (exact) mass is 375 g/mol. The molecule has 1 fully saturated rings. The topological polar surface area (TPSA) is 64.1 Å². The van der Waals surface area contributed by atoms with Crippen LogP contribution in [-0.4, -0.2) is 22.5 Å². The average Bonchev–Trinajstić information content (AvgIpc) is 2.73. The highest BCUT2D eigenvalue weighted by Gasteiger charge is 2.28. The van der Waals surface area contributed by atoms with E-state index in [0.717, 1.165) is 16.5 Å². The number of aromatic nitrogens is 2. The molecule has 1 aromatic carbocycles. The Morgan fingerprint density at radius 1 is 1.07 bits per heavy atom. The number of nitrogens with zero attached hydrogens (tertiary/aromatic N) is 2. The van der Waals surface area contributed by atoms with Gasteiger partial charge >= 0.3 is 0 Å². The van der Waals surface area contributed by atoms with E-state index in [9.17, 15) is 4.79 Å². The summed E-state index contributed by atoms with van der Waals surface area (Å²) in [5, 5.41) is 4.84. The van der Waals surface area contributed by atoms with Crippen molar-refractivity contribution in [2.45, 2.75) is 39.0 Å². The van der Waals surface area contributed by atoms with E-state index in [-0.39, 0.29) is 11.3 Å². The highest BCUT2D eigenvalue weighted by Crippen LogP contribution is 2.36. The van der Waals surface area contributed by atoms with Crippen LogP contribution in [0.25, 0.3) is 10.8 Å². The van der Waals surface area contributed by atoms with E-state index < -0.39 is 0 Å². The zero-order chi connectivity index (χ0) is 19.4. The van der Waals surface area contributed by atoms with Crippen LogP contribution in [0.5, 0.6) is 5.88 Å². The van der Waals surface area contributed by atoms with Crippen LogP contribution in [0.4, 0.5) is 5.69 Å². The first-order chi connectivity index (χ1) is 13.6. The van der Waals surface area contributed by atoms with Gasteiger partial charge in [0.1, 0.15) is 5.69 Å². The van der Waals surface area contributed by atoms with Gasteiger partial charge < -0.3 is 10.1 Å². The van der Waals surface area contributed by atoms with E-state index >= 15 is 0 Å². The zero-order valence-electron chi connectivity index (χ0n) is 16.1. The minimum Gasteiger partial charge on any atom is -0.477 e. The SMILES string of the molecule is CC1(COc2nccc3cc(NC(=O)c4ccccn4)ccc23)CCCCC1. The number of anilines is 1. The van der Waals surface area contributed by atoms with Crippen LogP contribution in [0.3, 0.4) is 0 Å². The van der Waals surface area contributed by atoms with E-state index in [2.05, 4.69) is 22.2 Å². The number of carbonyl (C=O) groups is 1. The van der Waals surface area contributed by atoms with Crippen LogP contribution in [0.1, 0.15) is 49.5 Å². The normalized spacial score (nSPS) is 15.9. The largest absolute Gasteiger partial charge is 0.477 e. The second-order valence-electron chi connectivity index (χ2n) is 7.88. The molecule has 3 aromatic rings. The van der Waals surface area contributed by atoms with Gasteiger partial charge in [-0.3, -0.25) is 9.78 Å². The maximum atomic E-state index is 12.3. The number of fused-ring (bicyclic) bond motifs is 1. The van der Waals surface area contributed by atoms with Gasteiger partial charge in [0.15, 0.2) is 0 Å². The van der Waals surface area contributed by atoms with Gasteiger partial charge in [-0.1, -0.05) is 32.3 Å². The van der Waals surface area contributed by atoms with Crippen LogP contribution >= 0.6 is 0 Å². The molecular weight excluding hydrogens is 350 g/mol. The predicted molar refractivity (Wildman–Crippen MR) is 111 cm³/mol. The second-order valence-corrected chi connectivity index (χ2v) is 7.88. The predicted octanol–water partition coefficient (Wildman–Crippen LogP) is 5.23. The van der Waals surface area contributed by atoms with Gasteiger partial charge in [-0.15, -0.1) is 0 Å². The Morgan fingerprint density at radius 3 is 2.71 bits per heavy atom. The number of carbonyl (C=O) groups excluding carboxylic acids is 1. The minimum atomic E-state index is -0.226. The van der Waals surface area contributed by atoms with Gasteiger partial charge in [0.25, 0.3) is 5.91 Å². The van der Waals surface area contributed by atoms with Crippen molar-refractivity contribution in [3.05, 3.63) is 60.6 Å². The zero-order valence-corrected chi connectivity index (χ0v) is 16.1. The first-order valence-corrected chi connectivity index (χ1v) is 9.87. The number of rotatable bonds is 5. The summed E-state index contributed by atoms with van der Waals surface area (Å²) in [5.74, 6) is 0.433. The standard InChI is InChI=1S/C23H25N3O2/c1-23(11-4-2-5-12-23)16-28-22-19-9-8-18(15-17(19)10-14-25-22)26-21(27)20-7-3-6-13-24-20/h3,6-10,13-15H,2,4-5,11-12,16H2,1H3,(H,26,27).